The van der Waals surface area contributed by atoms with Crippen molar-refractivity contribution in [2.45, 2.75) is 50.5 Å². The molecule has 5 nitrogen and oxygen atoms in total. The Morgan fingerprint density at radius 1 is 0.971 bits per heavy atom. The predicted octanol–water partition coefficient (Wildman–Crippen LogP) is 5.59. The number of carbonyl (C=O) groups is 2. The molecule has 1 aliphatic heterocycles. The van der Waals surface area contributed by atoms with Gasteiger partial charge in [0.1, 0.15) is 11.6 Å². The van der Waals surface area contributed by atoms with Crippen molar-refractivity contribution >= 4 is 35.0 Å². The van der Waals surface area contributed by atoms with Crippen LogP contribution < -0.4 is 10.1 Å². The van der Waals surface area contributed by atoms with E-state index >= 15 is 0 Å². The van der Waals surface area contributed by atoms with Gasteiger partial charge in [-0.05, 0) is 74.3 Å². The number of hydrogen-bond donors (Lipinski definition) is 1. The molecule has 0 aromatic heterocycles. The number of piperidine rings is 1. The summed E-state index contributed by atoms with van der Waals surface area (Å²) in [4.78, 5) is 27.3. The molecule has 182 valence electrons. The van der Waals surface area contributed by atoms with Gasteiger partial charge in [0.05, 0.1) is 5.02 Å². The van der Waals surface area contributed by atoms with Crippen LogP contribution in [0.25, 0.3) is 0 Å². The molecule has 4 rings (SSSR count). The maximum Gasteiger partial charge on any atom is 0.258 e. The fourth-order valence-corrected chi connectivity index (χ4v) is 5.14. The number of ether oxygens (including phenoxy) is 1. The molecule has 1 heterocycles. The van der Waals surface area contributed by atoms with Gasteiger partial charge >= 0.3 is 0 Å². The molecule has 2 aliphatic rings. The molecular formula is C26H29Cl2FN2O3. The first-order valence-electron chi connectivity index (χ1n) is 11.8. The Balaban J connectivity index is 1.17. The highest BCUT2D eigenvalue weighted by molar-refractivity contribution is 6.30. The first-order chi connectivity index (χ1) is 16.4. The Labute approximate surface area is 209 Å². The van der Waals surface area contributed by atoms with E-state index in [1.165, 1.54) is 17.7 Å². The maximum absolute atomic E-state index is 13.5. The van der Waals surface area contributed by atoms with Crippen molar-refractivity contribution in [3.05, 3.63) is 63.9 Å². The molecule has 0 radical (unpaired) electrons. The maximum atomic E-state index is 13.5. The minimum atomic E-state index is -0.586. The zero-order valence-electron chi connectivity index (χ0n) is 18.9. The van der Waals surface area contributed by atoms with Crippen LogP contribution in [0.2, 0.25) is 10.0 Å². The molecule has 1 saturated heterocycles. The number of rotatable bonds is 6. The summed E-state index contributed by atoms with van der Waals surface area (Å²) >= 11 is 11.6. The van der Waals surface area contributed by atoms with Gasteiger partial charge in [-0.1, -0.05) is 35.3 Å². The van der Waals surface area contributed by atoms with E-state index < -0.39 is 5.82 Å². The van der Waals surface area contributed by atoms with E-state index in [2.05, 4.69) is 17.4 Å². The van der Waals surface area contributed by atoms with E-state index in [9.17, 15) is 14.0 Å². The summed E-state index contributed by atoms with van der Waals surface area (Å²) in [6, 6.07) is 12.1. The lowest BCUT2D eigenvalue weighted by atomic mass is 9.84. The summed E-state index contributed by atoms with van der Waals surface area (Å²) < 4.78 is 18.8. The number of amides is 2. The van der Waals surface area contributed by atoms with Gasteiger partial charge in [-0.2, -0.15) is 0 Å². The van der Waals surface area contributed by atoms with E-state index in [0.717, 1.165) is 62.7 Å². The van der Waals surface area contributed by atoms with Gasteiger partial charge in [0.25, 0.3) is 5.91 Å². The van der Waals surface area contributed by atoms with Gasteiger partial charge < -0.3 is 15.0 Å². The zero-order valence-corrected chi connectivity index (χ0v) is 20.5. The largest absolute Gasteiger partial charge is 0.484 e. The Kier molecular flexibility index (Phi) is 8.32. The second-order valence-electron chi connectivity index (χ2n) is 9.13. The fraction of sp³-hybridized carbons (Fsp3) is 0.462. The van der Waals surface area contributed by atoms with Gasteiger partial charge in [-0.15, -0.1) is 0 Å². The molecule has 1 saturated carbocycles. The third kappa shape index (κ3) is 6.42. The number of nitrogens with zero attached hydrogens (tertiary/aromatic N) is 1. The molecule has 0 atom stereocenters. The normalized spacial score (nSPS) is 21.2. The minimum Gasteiger partial charge on any atom is -0.484 e. The molecule has 0 bridgehead atoms. The van der Waals surface area contributed by atoms with Crippen LogP contribution in [0.1, 0.15) is 50.0 Å². The minimum absolute atomic E-state index is 0.00837. The summed E-state index contributed by atoms with van der Waals surface area (Å²) in [7, 11) is 0. The molecule has 2 aromatic rings. The highest BCUT2D eigenvalue weighted by atomic mass is 35.5. The van der Waals surface area contributed by atoms with Crippen molar-refractivity contribution in [1.82, 2.24) is 10.2 Å². The summed E-state index contributed by atoms with van der Waals surface area (Å²) in [5.74, 6) is 0.150. The molecule has 0 unspecified atom stereocenters. The molecule has 2 fully saturated rings. The summed E-state index contributed by atoms with van der Waals surface area (Å²) in [5.41, 5.74) is 1.29. The highest BCUT2D eigenvalue weighted by Crippen LogP contribution is 2.32. The lowest BCUT2D eigenvalue weighted by molar-refractivity contribution is -0.137. The molecule has 34 heavy (non-hydrogen) atoms. The lowest BCUT2D eigenvalue weighted by Crippen LogP contribution is -2.45. The highest BCUT2D eigenvalue weighted by Gasteiger charge is 2.32. The quantitative estimate of drug-likeness (QED) is 0.555. The van der Waals surface area contributed by atoms with E-state index in [0.29, 0.717) is 5.92 Å². The van der Waals surface area contributed by atoms with Crippen LogP contribution >= 0.6 is 23.2 Å². The second kappa shape index (κ2) is 11.4. The van der Waals surface area contributed by atoms with Gasteiger partial charge in [-0.25, -0.2) is 4.39 Å². The predicted molar refractivity (Wildman–Crippen MR) is 131 cm³/mol. The number of nitrogens with one attached hydrogen (secondary N) is 1. The van der Waals surface area contributed by atoms with Gasteiger partial charge in [0, 0.05) is 36.1 Å². The monoisotopic (exact) mass is 506 g/mol. The zero-order chi connectivity index (χ0) is 24.1. The van der Waals surface area contributed by atoms with Crippen molar-refractivity contribution in [3.8, 4) is 5.75 Å². The average Bonchev–Trinajstić information content (AvgIpc) is 2.85. The first-order valence-corrected chi connectivity index (χ1v) is 12.6. The SMILES string of the molecule is O=C(COc1ccc(Cl)c(F)c1)NC1CCC(C(=O)N2CCC(c3ccc(Cl)cc3)CC2)CC1. The van der Waals surface area contributed by atoms with E-state index in [-0.39, 0.29) is 41.2 Å². The van der Waals surface area contributed by atoms with Crippen molar-refractivity contribution in [2.24, 2.45) is 5.92 Å². The van der Waals surface area contributed by atoms with Crippen LogP contribution in [-0.2, 0) is 9.59 Å². The molecular weight excluding hydrogens is 478 g/mol. The van der Waals surface area contributed by atoms with Crippen LogP contribution in [0.3, 0.4) is 0 Å². The number of likely N-dealkylation sites (tertiary alicyclic amines) is 1. The number of hydrogen-bond acceptors (Lipinski definition) is 3. The molecule has 2 amide bonds. The Morgan fingerprint density at radius 3 is 2.29 bits per heavy atom. The van der Waals surface area contributed by atoms with Gasteiger partial charge in [-0.3, -0.25) is 9.59 Å². The van der Waals surface area contributed by atoms with Crippen LogP contribution in [0.5, 0.6) is 5.75 Å². The Hall–Kier alpha value is -2.31. The van der Waals surface area contributed by atoms with Crippen molar-refractivity contribution in [1.29, 1.82) is 0 Å². The van der Waals surface area contributed by atoms with Crippen molar-refractivity contribution in [2.75, 3.05) is 19.7 Å². The van der Waals surface area contributed by atoms with Crippen LogP contribution in [0.15, 0.2) is 42.5 Å². The lowest BCUT2D eigenvalue weighted by Gasteiger charge is -2.36. The van der Waals surface area contributed by atoms with Gasteiger partial charge in [0.15, 0.2) is 6.61 Å². The summed E-state index contributed by atoms with van der Waals surface area (Å²) in [6.07, 6.45) is 5.00. The Morgan fingerprint density at radius 2 is 1.65 bits per heavy atom. The van der Waals surface area contributed by atoms with Gasteiger partial charge in [0.2, 0.25) is 5.91 Å². The molecule has 8 heteroatoms. The van der Waals surface area contributed by atoms with E-state index in [4.69, 9.17) is 27.9 Å². The standard InChI is InChI=1S/C26H29Cl2FN2O3/c27-20-5-1-17(2-6-20)18-11-13-31(14-12-18)26(33)19-3-7-21(8-4-19)30-25(32)16-34-22-9-10-23(28)24(29)15-22/h1-2,5-6,9-10,15,18-19,21H,3-4,7-8,11-14,16H2,(H,30,32). The summed E-state index contributed by atoms with van der Waals surface area (Å²) in [5, 5.41) is 3.72. The molecule has 1 N–H and O–H groups in total. The van der Waals surface area contributed by atoms with Crippen molar-refractivity contribution < 1.29 is 18.7 Å². The van der Waals surface area contributed by atoms with Crippen LogP contribution in [0.4, 0.5) is 4.39 Å². The van der Waals surface area contributed by atoms with E-state index in [1.807, 2.05) is 17.0 Å². The van der Waals surface area contributed by atoms with E-state index in [1.54, 1.807) is 0 Å². The average molecular weight is 507 g/mol. The number of carbonyl (C=O) groups excluding carboxylic acids is 2. The number of halogens is 3. The fourth-order valence-electron chi connectivity index (χ4n) is 4.90. The molecule has 0 spiro atoms. The van der Waals surface area contributed by atoms with Crippen LogP contribution in [0, 0.1) is 11.7 Å². The first kappa shape index (κ1) is 24.8. The smallest absolute Gasteiger partial charge is 0.258 e. The third-order valence-corrected chi connectivity index (χ3v) is 7.41. The molecule has 2 aromatic carbocycles. The van der Waals surface area contributed by atoms with Crippen molar-refractivity contribution in [3.63, 3.8) is 0 Å². The topological polar surface area (TPSA) is 58.6 Å². The number of benzene rings is 2. The molecule has 1 aliphatic carbocycles. The third-order valence-electron chi connectivity index (χ3n) is 6.85. The van der Waals surface area contributed by atoms with Crippen LogP contribution in [-0.4, -0.2) is 42.5 Å². The second-order valence-corrected chi connectivity index (χ2v) is 9.98. The Bertz CT molecular complexity index is 1000. The summed E-state index contributed by atoms with van der Waals surface area (Å²) in [6.45, 7) is 1.37.